The lowest BCUT2D eigenvalue weighted by molar-refractivity contribution is -0.402. The molecule has 1 aromatic heterocycles. The number of benzene rings is 1. The quantitative estimate of drug-likeness (QED) is 0.670. The molecule has 2 aromatic rings. The Kier molecular flexibility index (Phi) is 4.19. The first-order chi connectivity index (χ1) is 9.06. The van der Waals surface area contributed by atoms with Crippen LogP contribution >= 0.6 is 11.6 Å². The third kappa shape index (κ3) is 3.56. The fourth-order valence-corrected chi connectivity index (χ4v) is 1.91. The predicted molar refractivity (Wildman–Crippen MR) is 72.1 cm³/mol. The number of furan rings is 1. The lowest BCUT2D eigenvalue weighted by Crippen LogP contribution is -2.17. The van der Waals surface area contributed by atoms with Crippen LogP contribution in [0.1, 0.15) is 24.3 Å². The first-order valence-electron chi connectivity index (χ1n) is 5.78. The monoisotopic (exact) mass is 280 g/mol. The minimum absolute atomic E-state index is 0.0721. The Balaban J connectivity index is 1.96. The summed E-state index contributed by atoms with van der Waals surface area (Å²) >= 11 is 5.92. The van der Waals surface area contributed by atoms with E-state index in [4.69, 9.17) is 16.0 Å². The highest BCUT2D eigenvalue weighted by Gasteiger charge is 2.12. The van der Waals surface area contributed by atoms with Crippen LogP contribution in [0, 0.1) is 10.1 Å². The molecule has 1 N–H and O–H groups in total. The Bertz CT molecular complexity index is 583. The number of nitrogens with zero attached hydrogens (tertiary/aromatic N) is 1. The van der Waals surface area contributed by atoms with E-state index in [0.717, 1.165) is 5.56 Å². The van der Waals surface area contributed by atoms with Crippen molar-refractivity contribution < 1.29 is 9.34 Å². The highest BCUT2D eigenvalue weighted by Crippen LogP contribution is 2.19. The van der Waals surface area contributed by atoms with Crippen molar-refractivity contribution in [2.75, 3.05) is 0 Å². The van der Waals surface area contributed by atoms with Gasteiger partial charge in [0.2, 0.25) is 0 Å². The summed E-state index contributed by atoms with van der Waals surface area (Å²) in [6.45, 7) is 2.41. The summed E-state index contributed by atoms with van der Waals surface area (Å²) in [6, 6.07) is 10.6. The maximum absolute atomic E-state index is 10.5. The molecule has 1 atom stereocenters. The molecule has 0 radical (unpaired) electrons. The minimum Gasteiger partial charge on any atom is -0.404 e. The van der Waals surface area contributed by atoms with Crippen molar-refractivity contribution in [2.45, 2.75) is 19.5 Å². The summed E-state index contributed by atoms with van der Waals surface area (Å²) in [5, 5.41) is 14.4. The molecule has 0 saturated carbocycles. The van der Waals surface area contributed by atoms with E-state index < -0.39 is 4.92 Å². The molecule has 0 fully saturated rings. The first-order valence-corrected chi connectivity index (χ1v) is 6.16. The molecule has 0 bridgehead atoms. The van der Waals surface area contributed by atoms with Gasteiger partial charge in [0.05, 0.1) is 12.6 Å². The summed E-state index contributed by atoms with van der Waals surface area (Å²) in [5.41, 5.74) is 1.05. The van der Waals surface area contributed by atoms with Gasteiger partial charge < -0.3 is 9.73 Å². The minimum atomic E-state index is -0.552. The number of nitro groups is 1. The second kappa shape index (κ2) is 5.86. The van der Waals surface area contributed by atoms with Gasteiger partial charge in [0.1, 0.15) is 10.7 Å². The fourth-order valence-electron chi connectivity index (χ4n) is 1.71. The third-order valence-corrected chi connectivity index (χ3v) is 2.99. The molecule has 0 aliphatic rings. The van der Waals surface area contributed by atoms with Gasteiger partial charge in [0, 0.05) is 11.1 Å². The Labute approximate surface area is 115 Å². The van der Waals surface area contributed by atoms with Crippen molar-refractivity contribution >= 4 is 17.5 Å². The Morgan fingerprint density at radius 1 is 1.42 bits per heavy atom. The summed E-state index contributed by atoms with van der Waals surface area (Å²) in [6.07, 6.45) is 0. The normalized spacial score (nSPS) is 12.3. The maximum atomic E-state index is 10.5. The number of hydrogen-bond acceptors (Lipinski definition) is 4. The highest BCUT2D eigenvalue weighted by atomic mass is 35.5. The van der Waals surface area contributed by atoms with Crippen LogP contribution in [-0.2, 0) is 6.54 Å². The van der Waals surface area contributed by atoms with E-state index in [-0.39, 0.29) is 11.9 Å². The zero-order chi connectivity index (χ0) is 13.8. The van der Waals surface area contributed by atoms with Gasteiger partial charge in [-0.2, -0.15) is 0 Å². The zero-order valence-electron chi connectivity index (χ0n) is 10.3. The molecule has 5 nitrogen and oxygen atoms in total. The Morgan fingerprint density at radius 3 is 2.84 bits per heavy atom. The molecular formula is C13H13ClN2O3. The second-order valence-electron chi connectivity index (χ2n) is 4.15. The third-order valence-electron chi connectivity index (χ3n) is 2.76. The lowest BCUT2D eigenvalue weighted by Gasteiger charge is -2.13. The summed E-state index contributed by atoms with van der Waals surface area (Å²) in [5.74, 6) is 0.285. The topological polar surface area (TPSA) is 68.3 Å². The average Bonchev–Trinajstić information content (AvgIpc) is 2.85. The molecule has 0 amide bonds. The zero-order valence-corrected chi connectivity index (χ0v) is 11.1. The van der Waals surface area contributed by atoms with Crippen LogP contribution in [0.4, 0.5) is 5.88 Å². The summed E-state index contributed by atoms with van der Waals surface area (Å²) in [4.78, 5) is 9.94. The van der Waals surface area contributed by atoms with Crippen LogP contribution in [0.3, 0.4) is 0 Å². The molecule has 19 heavy (non-hydrogen) atoms. The molecular weight excluding hydrogens is 268 g/mol. The molecule has 6 heteroatoms. The van der Waals surface area contributed by atoms with Crippen LogP contribution in [0.5, 0.6) is 0 Å². The van der Waals surface area contributed by atoms with E-state index >= 15 is 0 Å². The molecule has 0 aliphatic heterocycles. The second-order valence-corrected chi connectivity index (χ2v) is 4.59. The van der Waals surface area contributed by atoms with E-state index in [2.05, 4.69) is 5.32 Å². The van der Waals surface area contributed by atoms with Gasteiger partial charge in [-0.3, -0.25) is 10.1 Å². The summed E-state index contributed by atoms with van der Waals surface area (Å²) in [7, 11) is 0. The van der Waals surface area contributed by atoms with Gasteiger partial charge in [-0.15, -0.1) is 0 Å². The van der Waals surface area contributed by atoms with E-state index in [1.54, 1.807) is 6.07 Å². The number of rotatable bonds is 5. The van der Waals surface area contributed by atoms with Crippen molar-refractivity contribution in [1.82, 2.24) is 5.32 Å². The van der Waals surface area contributed by atoms with Crippen molar-refractivity contribution in [2.24, 2.45) is 0 Å². The smallest absolute Gasteiger partial charge is 0.404 e. The average molecular weight is 281 g/mol. The van der Waals surface area contributed by atoms with Gasteiger partial charge in [0.15, 0.2) is 0 Å². The van der Waals surface area contributed by atoms with Gasteiger partial charge in [-0.25, -0.2) is 0 Å². The van der Waals surface area contributed by atoms with Gasteiger partial charge >= 0.3 is 5.88 Å². The van der Waals surface area contributed by atoms with Crippen molar-refractivity contribution in [1.29, 1.82) is 0 Å². The van der Waals surface area contributed by atoms with E-state index in [9.17, 15) is 10.1 Å². The molecule has 1 heterocycles. The van der Waals surface area contributed by atoms with Crippen LogP contribution in [0.15, 0.2) is 40.8 Å². The van der Waals surface area contributed by atoms with Crippen molar-refractivity contribution in [3.05, 3.63) is 62.9 Å². The Morgan fingerprint density at radius 2 is 2.21 bits per heavy atom. The lowest BCUT2D eigenvalue weighted by atomic mass is 10.1. The first kappa shape index (κ1) is 13.6. The van der Waals surface area contributed by atoms with E-state index in [1.807, 2.05) is 31.2 Å². The largest absolute Gasteiger partial charge is 0.433 e. The van der Waals surface area contributed by atoms with Crippen LogP contribution in [0.2, 0.25) is 5.02 Å². The standard InChI is InChI=1S/C13H13ClN2O3/c1-9(10-3-2-4-11(14)7-10)15-8-12-5-6-13(19-12)16(17)18/h2-7,9,15H,8H2,1H3. The molecule has 0 saturated heterocycles. The maximum Gasteiger partial charge on any atom is 0.433 e. The SMILES string of the molecule is CC(NCc1ccc([N+](=O)[O-])o1)c1cccc(Cl)c1. The van der Waals surface area contributed by atoms with Gasteiger partial charge in [-0.05, 0) is 30.7 Å². The molecule has 1 unspecified atom stereocenters. The number of nitrogens with one attached hydrogen (secondary N) is 1. The van der Waals surface area contributed by atoms with Gasteiger partial charge in [-0.1, -0.05) is 23.7 Å². The van der Waals surface area contributed by atoms with Crippen molar-refractivity contribution in [3.8, 4) is 0 Å². The Hall–Kier alpha value is -1.85. The number of hydrogen-bond donors (Lipinski definition) is 1. The molecule has 0 aliphatic carbocycles. The molecule has 1 aromatic carbocycles. The van der Waals surface area contributed by atoms with Crippen molar-refractivity contribution in [3.63, 3.8) is 0 Å². The highest BCUT2D eigenvalue weighted by molar-refractivity contribution is 6.30. The molecule has 2 rings (SSSR count). The van der Waals surface area contributed by atoms with Gasteiger partial charge in [0.25, 0.3) is 0 Å². The predicted octanol–water partition coefficient (Wildman–Crippen LogP) is 3.69. The van der Waals surface area contributed by atoms with E-state index in [1.165, 1.54) is 6.07 Å². The summed E-state index contributed by atoms with van der Waals surface area (Å²) < 4.78 is 5.07. The van der Waals surface area contributed by atoms with Crippen LogP contribution < -0.4 is 5.32 Å². The van der Waals surface area contributed by atoms with Crippen LogP contribution in [-0.4, -0.2) is 4.92 Å². The van der Waals surface area contributed by atoms with E-state index in [0.29, 0.717) is 17.3 Å². The fraction of sp³-hybridized carbons (Fsp3) is 0.231. The molecule has 0 spiro atoms. The van der Waals surface area contributed by atoms with Crippen LogP contribution in [0.25, 0.3) is 0 Å². The number of halogens is 1. The molecule has 100 valence electrons.